The second-order valence-corrected chi connectivity index (χ2v) is 12.6. The van der Waals surface area contributed by atoms with Gasteiger partial charge in [0.05, 0.1) is 50.7 Å². The molecule has 3 N–H and O–H groups in total. The number of fused-ring (bicyclic) bond motifs is 1. The van der Waals surface area contributed by atoms with Gasteiger partial charge in [0, 0.05) is 62.7 Å². The number of aromatic nitrogens is 1. The van der Waals surface area contributed by atoms with Gasteiger partial charge in [-0.15, -0.1) is 0 Å². The number of methoxy groups -OCH3 is 1. The van der Waals surface area contributed by atoms with Gasteiger partial charge in [0.2, 0.25) is 11.8 Å². The van der Waals surface area contributed by atoms with Crippen LogP contribution in [0.25, 0.3) is 21.3 Å². The molecular weight excluding hydrogens is 646 g/mol. The number of nitrogens with one attached hydrogen (secondary N) is 3. The molecule has 1 aromatic heterocycles. The van der Waals surface area contributed by atoms with E-state index in [2.05, 4.69) is 26.0 Å². The Morgan fingerprint density at radius 3 is 2.34 bits per heavy atom. The topological polar surface area (TPSA) is 192 Å². The largest absolute Gasteiger partial charge is 0.497 e. The number of azide groups is 1. The summed E-state index contributed by atoms with van der Waals surface area (Å²) in [6.07, 6.45) is 4.97. The van der Waals surface area contributed by atoms with Crippen molar-refractivity contribution < 1.29 is 33.4 Å². The lowest BCUT2D eigenvalue weighted by atomic mass is 9.83. The third-order valence-electron chi connectivity index (χ3n) is 9.53. The Bertz CT molecular complexity index is 1530. The summed E-state index contributed by atoms with van der Waals surface area (Å²) < 4.78 is 18.0. The predicted octanol–water partition coefficient (Wildman–Crippen LogP) is 2.22. The third-order valence-corrected chi connectivity index (χ3v) is 9.53. The number of carbonyl (C=O) groups is 4. The maximum Gasteiger partial charge on any atom is 0.271 e. The molecule has 4 rings (SSSR count). The van der Waals surface area contributed by atoms with Crippen LogP contribution in [0.3, 0.4) is 0 Å². The summed E-state index contributed by atoms with van der Waals surface area (Å²) in [5.74, 6) is -0.368. The van der Waals surface area contributed by atoms with Gasteiger partial charge in [-0.25, -0.2) is 0 Å². The molecule has 2 atom stereocenters. The predicted molar refractivity (Wildman–Crippen MR) is 187 cm³/mol. The molecule has 16 heteroatoms. The molecule has 2 aliphatic rings. The zero-order valence-corrected chi connectivity index (χ0v) is 29.6. The number of rotatable bonds is 17. The van der Waals surface area contributed by atoms with Crippen LogP contribution in [0.15, 0.2) is 23.3 Å². The van der Waals surface area contributed by atoms with Crippen LogP contribution < -0.4 is 20.7 Å². The molecule has 1 aliphatic carbocycles. The van der Waals surface area contributed by atoms with Gasteiger partial charge in [-0.2, -0.15) is 0 Å². The van der Waals surface area contributed by atoms with Crippen LogP contribution in [0, 0.1) is 5.92 Å². The second kappa shape index (κ2) is 19.1. The summed E-state index contributed by atoms with van der Waals surface area (Å²) in [4.78, 5) is 60.7. The average Bonchev–Trinajstić information content (AvgIpc) is 3.44. The first-order valence-corrected chi connectivity index (χ1v) is 17.4. The zero-order valence-electron chi connectivity index (χ0n) is 29.6. The first-order chi connectivity index (χ1) is 24.2. The molecule has 274 valence electrons. The number of ether oxygens (including phenoxy) is 3. The highest BCUT2D eigenvalue weighted by Gasteiger charge is 2.37. The average molecular weight is 698 g/mol. The number of likely N-dealkylation sites (N-methyl/N-ethyl adjacent to an activating group) is 1. The Morgan fingerprint density at radius 2 is 1.68 bits per heavy atom. The number of nitrogens with zero attached hydrogens (tertiary/aromatic N) is 6. The fourth-order valence-electron chi connectivity index (χ4n) is 6.55. The molecule has 4 amide bonds. The second-order valence-electron chi connectivity index (χ2n) is 12.6. The fraction of sp³-hybridized carbons (Fsp3) is 0.647. The number of amides is 4. The van der Waals surface area contributed by atoms with Gasteiger partial charge in [-0.3, -0.25) is 19.2 Å². The van der Waals surface area contributed by atoms with Gasteiger partial charge >= 0.3 is 0 Å². The van der Waals surface area contributed by atoms with Crippen LogP contribution in [0.5, 0.6) is 5.75 Å². The molecule has 1 aliphatic heterocycles. The monoisotopic (exact) mass is 697 g/mol. The van der Waals surface area contributed by atoms with Gasteiger partial charge in [0.1, 0.15) is 17.5 Å². The minimum absolute atomic E-state index is 0.0758. The first kappa shape index (κ1) is 38.4. The van der Waals surface area contributed by atoms with Crippen molar-refractivity contribution in [1.29, 1.82) is 0 Å². The van der Waals surface area contributed by atoms with Gasteiger partial charge in [0.15, 0.2) is 0 Å². The molecular formula is C34H51N9O7. The van der Waals surface area contributed by atoms with Gasteiger partial charge in [0.25, 0.3) is 11.8 Å². The van der Waals surface area contributed by atoms with E-state index in [9.17, 15) is 19.2 Å². The molecule has 1 saturated carbocycles. The molecule has 16 nitrogen and oxygen atoms in total. The van der Waals surface area contributed by atoms with E-state index >= 15 is 0 Å². The van der Waals surface area contributed by atoms with Crippen molar-refractivity contribution in [3.05, 3.63) is 39.9 Å². The Kier molecular flexibility index (Phi) is 14.7. The Morgan fingerprint density at radius 1 is 1.00 bits per heavy atom. The van der Waals surface area contributed by atoms with E-state index in [1.54, 1.807) is 60.7 Å². The van der Waals surface area contributed by atoms with E-state index in [4.69, 9.17) is 19.7 Å². The number of piperazine rings is 1. The van der Waals surface area contributed by atoms with Crippen molar-refractivity contribution in [2.24, 2.45) is 18.1 Å². The highest BCUT2D eigenvalue weighted by Crippen LogP contribution is 2.31. The Labute approximate surface area is 292 Å². The van der Waals surface area contributed by atoms with Crippen molar-refractivity contribution in [2.45, 2.75) is 51.1 Å². The summed E-state index contributed by atoms with van der Waals surface area (Å²) in [5.41, 5.74) is 9.48. The molecule has 50 heavy (non-hydrogen) atoms. The maximum atomic E-state index is 14.2. The van der Waals surface area contributed by atoms with Crippen molar-refractivity contribution in [3.63, 3.8) is 0 Å². The molecule has 1 saturated heterocycles. The highest BCUT2D eigenvalue weighted by molar-refractivity contribution is 6.16. The molecule has 2 fully saturated rings. The summed E-state index contributed by atoms with van der Waals surface area (Å²) in [5, 5.41) is 12.9. The fourth-order valence-corrected chi connectivity index (χ4v) is 6.55. The normalized spacial score (nSPS) is 16.4. The summed E-state index contributed by atoms with van der Waals surface area (Å²) in [6.45, 7) is 4.59. The van der Waals surface area contributed by atoms with Crippen LogP contribution in [0.1, 0.15) is 59.9 Å². The van der Waals surface area contributed by atoms with Crippen LogP contribution in [0.2, 0.25) is 0 Å². The zero-order chi connectivity index (χ0) is 36.0. The van der Waals surface area contributed by atoms with E-state index in [1.807, 2.05) is 0 Å². The van der Waals surface area contributed by atoms with Crippen LogP contribution in [0.4, 0.5) is 0 Å². The highest BCUT2D eigenvalue weighted by atomic mass is 16.5. The number of hydrogen-bond acceptors (Lipinski definition) is 9. The quantitative estimate of drug-likeness (QED) is 0.0970. The molecule has 0 spiro atoms. The first-order valence-electron chi connectivity index (χ1n) is 17.4. The number of aryl methyl sites for hydroxylation is 1. The molecule has 0 unspecified atom stereocenters. The maximum absolute atomic E-state index is 14.2. The number of carbonyl (C=O) groups excluding carboxylic acids is 4. The van der Waals surface area contributed by atoms with Gasteiger partial charge in [-0.1, -0.05) is 24.4 Å². The molecule has 0 bridgehead atoms. The molecule has 2 heterocycles. The van der Waals surface area contributed by atoms with Crippen LogP contribution >= 0.6 is 0 Å². The van der Waals surface area contributed by atoms with Crippen molar-refractivity contribution in [3.8, 4) is 5.75 Å². The lowest BCUT2D eigenvalue weighted by molar-refractivity contribution is -0.140. The molecule has 1 aromatic carbocycles. The lowest BCUT2D eigenvalue weighted by Gasteiger charge is -2.39. The number of benzene rings is 1. The minimum Gasteiger partial charge on any atom is -0.497 e. The lowest BCUT2D eigenvalue weighted by Crippen LogP contribution is -2.59. The van der Waals surface area contributed by atoms with E-state index in [1.165, 1.54) is 0 Å². The summed E-state index contributed by atoms with van der Waals surface area (Å²) in [6, 6.07) is 4.28. The van der Waals surface area contributed by atoms with Gasteiger partial charge in [-0.05, 0) is 50.4 Å². The molecule has 2 aromatic rings. The van der Waals surface area contributed by atoms with E-state index in [0.717, 1.165) is 32.1 Å². The van der Waals surface area contributed by atoms with Crippen LogP contribution in [-0.2, 0) is 26.1 Å². The van der Waals surface area contributed by atoms with Crippen molar-refractivity contribution in [1.82, 2.24) is 30.3 Å². The number of hydrogen-bond donors (Lipinski definition) is 3. The van der Waals surface area contributed by atoms with Gasteiger partial charge < -0.3 is 44.5 Å². The van der Waals surface area contributed by atoms with E-state index in [0.29, 0.717) is 49.6 Å². The Hall–Kier alpha value is -4.37. The van der Waals surface area contributed by atoms with E-state index < -0.39 is 18.0 Å². The van der Waals surface area contributed by atoms with Crippen LogP contribution in [-0.4, -0.2) is 130 Å². The smallest absolute Gasteiger partial charge is 0.271 e. The summed E-state index contributed by atoms with van der Waals surface area (Å²) >= 11 is 0. The molecule has 0 radical (unpaired) electrons. The minimum atomic E-state index is -0.607. The SMILES string of the molecule is CN[C@@H](C)C(=O)N[C@H](C(=O)N1CCN(C(=O)c2c(C(=O)NCCOCCOCCN=[N+]=[N-])c3ccc(OC)cc3n2C)CC1)C1CCCCC1. The van der Waals surface area contributed by atoms with Crippen molar-refractivity contribution >= 4 is 34.5 Å². The third kappa shape index (κ3) is 9.65. The Balaban J connectivity index is 1.44. The van der Waals surface area contributed by atoms with E-state index in [-0.39, 0.29) is 67.7 Å². The summed E-state index contributed by atoms with van der Waals surface area (Å²) in [7, 11) is 5.02. The standard InChI is InChI=1S/C34H51N9O7/c1-23(36-2)31(44)39-29(24-8-6-5-7-9-24)33(46)42-14-16-43(17-15-42)34(47)30-28(26-11-10-25(48-4)22-27(26)41(30)3)32(45)37-12-18-49-20-21-50-19-13-38-40-35/h10-11,22-24,29,36H,5-9,12-21H2,1-4H3,(H,37,45)(H,39,44)/t23-,29-/m0/s1. The van der Waals surface area contributed by atoms with Crippen molar-refractivity contribution in [2.75, 3.05) is 79.9 Å².